The summed E-state index contributed by atoms with van der Waals surface area (Å²) in [6, 6.07) is 7.29. The molecule has 0 spiro atoms. The Morgan fingerprint density at radius 2 is 2.14 bits per heavy atom. The van der Waals surface area contributed by atoms with E-state index in [9.17, 15) is 4.79 Å². The van der Waals surface area contributed by atoms with Crippen molar-refractivity contribution in [2.45, 2.75) is 26.0 Å². The summed E-state index contributed by atoms with van der Waals surface area (Å²) < 4.78 is 5.94. The summed E-state index contributed by atoms with van der Waals surface area (Å²) in [5, 5.41) is 14.9. The van der Waals surface area contributed by atoms with E-state index < -0.39 is 6.09 Å². The molecule has 1 amide bonds. The first-order valence-corrected chi connectivity index (χ1v) is 7.33. The second-order valence-corrected chi connectivity index (χ2v) is 5.63. The fourth-order valence-electron chi connectivity index (χ4n) is 2.20. The molecular weight excluding hydrogens is 292 g/mol. The van der Waals surface area contributed by atoms with E-state index in [1.807, 2.05) is 31.3 Å². The molecule has 1 aromatic carbocycles. The van der Waals surface area contributed by atoms with Crippen molar-refractivity contribution >= 4 is 17.7 Å². The molecule has 1 unspecified atom stereocenters. The van der Waals surface area contributed by atoms with E-state index in [-0.39, 0.29) is 18.1 Å². The number of hydrogen-bond acceptors (Lipinski definition) is 3. The molecule has 0 heterocycles. The molecule has 3 atom stereocenters. The molecule has 0 bridgehead atoms. The van der Waals surface area contributed by atoms with Crippen LogP contribution in [0.3, 0.4) is 0 Å². The zero-order valence-corrected chi connectivity index (χ0v) is 13.4. The molecule has 3 N–H and O–H groups in total. The lowest BCUT2D eigenvalue weighted by Gasteiger charge is -2.26. The van der Waals surface area contributed by atoms with E-state index in [4.69, 9.17) is 21.4 Å². The predicted molar refractivity (Wildman–Crippen MR) is 83.9 cm³/mol. The van der Waals surface area contributed by atoms with Crippen LogP contribution in [-0.4, -0.2) is 37.4 Å². The average molecular weight is 315 g/mol. The van der Waals surface area contributed by atoms with Crippen molar-refractivity contribution in [2.75, 3.05) is 20.2 Å². The van der Waals surface area contributed by atoms with Gasteiger partial charge >= 0.3 is 6.09 Å². The molecule has 0 aliphatic carbocycles. The number of carboxylic acid groups (broad SMARTS) is 1. The summed E-state index contributed by atoms with van der Waals surface area (Å²) in [6.45, 7) is 4.94. The Labute approximate surface area is 130 Å². The van der Waals surface area contributed by atoms with Gasteiger partial charge in [0.05, 0.1) is 18.8 Å². The van der Waals surface area contributed by atoms with Crippen molar-refractivity contribution in [2.24, 2.45) is 5.92 Å². The molecule has 1 rings (SSSR count). The van der Waals surface area contributed by atoms with Gasteiger partial charge in [0.15, 0.2) is 0 Å². The van der Waals surface area contributed by atoms with Crippen LogP contribution in [0.4, 0.5) is 4.79 Å². The molecule has 6 heteroatoms. The zero-order chi connectivity index (χ0) is 15.8. The van der Waals surface area contributed by atoms with Gasteiger partial charge in [0, 0.05) is 11.6 Å². The van der Waals surface area contributed by atoms with Crippen LogP contribution in [0.15, 0.2) is 24.3 Å². The van der Waals surface area contributed by atoms with Crippen LogP contribution in [0, 0.1) is 5.92 Å². The van der Waals surface area contributed by atoms with Gasteiger partial charge in [-0.15, -0.1) is 0 Å². The van der Waals surface area contributed by atoms with Crippen molar-refractivity contribution in [1.82, 2.24) is 10.6 Å². The van der Waals surface area contributed by atoms with Crippen LogP contribution in [-0.2, 0) is 4.74 Å². The molecule has 0 aliphatic rings. The number of carbonyl (C=O) groups is 1. The van der Waals surface area contributed by atoms with E-state index in [2.05, 4.69) is 17.6 Å². The van der Waals surface area contributed by atoms with Crippen LogP contribution in [0.1, 0.15) is 25.5 Å². The Bertz CT molecular complexity index is 456. The summed E-state index contributed by atoms with van der Waals surface area (Å²) >= 11 is 6.04. The van der Waals surface area contributed by atoms with Gasteiger partial charge in [-0.25, -0.2) is 4.79 Å². The number of nitrogens with one attached hydrogen (secondary N) is 2. The number of benzene rings is 1. The second-order valence-electron chi connectivity index (χ2n) is 5.19. The summed E-state index contributed by atoms with van der Waals surface area (Å²) in [4.78, 5) is 10.6. The standard InChI is InChI=1S/C15H23ClN2O3/c1-10(8-17-3)14(12-5-4-6-13(16)7-12)21-9-11(2)18-15(19)20/h4-7,10-11,14,17-18H,8-9H2,1-3H3,(H,19,20)/t10-,11?,14+/m0/s1. The zero-order valence-electron chi connectivity index (χ0n) is 12.6. The third-order valence-corrected chi connectivity index (χ3v) is 3.35. The quantitative estimate of drug-likeness (QED) is 0.690. The Morgan fingerprint density at radius 3 is 2.71 bits per heavy atom. The highest BCUT2D eigenvalue weighted by Crippen LogP contribution is 2.27. The van der Waals surface area contributed by atoms with E-state index in [0.717, 1.165) is 12.1 Å². The maximum absolute atomic E-state index is 10.6. The van der Waals surface area contributed by atoms with Gasteiger partial charge in [0.25, 0.3) is 0 Å². The van der Waals surface area contributed by atoms with Crippen LogP contribution in [0.25, 0.3) is 0 Å². The van der Waals surface area contributed by atoms with Crippen LogP contribution < -0.4 is 10.6 Å². The molecule has 0 aliphatic heterocycles. The molecule has 5 nitrogen and oxygen atoms in total. The Kier molecular flexibility index (Phi) is 7.50. The maximum atomic E-state index is 10.6. The minimum Gasteiger partial charge on any atom is -0.465 e. The van der Waals surface area contributed by atoms with E-state index in [0.29, 0.717) is 11.6 Å². The second kappa shape index (κ2) is 8.87. The normalized spacial score (nSPS) is 15.2. The topological polar surface area (TPSA) is 70.6 Å². The first-order valence-electron chi connectivity index (χ1n) is 6.95. The number of rotatable bonds is 8. The molecule has 118 valence electrons. The summed E-state index contributed by atoms with van der Waals surface area (Å²) in [6.07, 6.45) is -1.19. The summed E-state index contributed by atoms with van der Waals surface area (Å²) in [5.41, 5.74) is 0.993. The van der Waals surface area contributed by atoms with Crippen molar-refractivity contribution in [3.05, 3.63) is 34.9 Å². The first kappa shape index (κ1) is 17.8. The van der Waals surface area contributed by atoms with Crippen molar-refractivity contribution in [1.29, 1.82) is 0 Å². The minimum absolute atomic E-state index is 0.144. The van der Waals surface area contributed by atoms with Crippen LogP contribution >= 0.6 is 11.6 Å². The van der Waals surface area contributed by atoms with Crippen molar-refractivity contribution < 1.29 is 14.6 Å². The van der Waals surface area contributed by atoms with Gasteiger partial charge in [-0.3, -0.25) is 0 Å². The molecule has 0 saturated heterocycles. The average Bonchev–Trinajstić information content (AvgIpc) is 2.38. The molecule has 0 fully saturated rings. The smallest absolute Gasteiger partial charge is 0.404 e. The molecule has 1 aromatic rings. The van der Waals surface area contributed by atoms with Gasteiger partial charge in [0.1, 0.15) is 0 Å². The predicted octanol–water partition coefficient (Wildman–Crippen LogP) is 2.91. The van der Waals surface area contributed by atoms with E-state index in [1.165, 1.54) is 0 Å². The minimum atomic E-state index is -1.05. The maximum Gasteiger partial charge on any atom is 0.404 e. The van der Waals surface area contributed by atoms with E-state index in [1.54, 1.807) is 6.92 Å². The third kappa shape index (κ3) is 6.33. The highest BCUT2D eigenvalue weighted by atomic mass is 35.5. The lowest BCUT2D eigenvalue weighted by atomic mass is 9.97. The van der Waals surface area contributed by atoms with Gasteiger partial charge in [-0.1, -0.05) is 30.7 Å². The fraction of sp³-hybridized carbons (Fsp3) is 0.533. The lowest BCUT2D eigenvalue weighted by Crippen LogP contribution is -2.36. The van der Waals surface area contributed by atoms with Crippen molar-refractivity contribution in [3.8, 4) is 0 Å². The number of amides is 1. The van der Waals surface area contributed by atoms with Gasteiger partial charge in [-0.2, -0.15) is 0 Å². The van der Waals surface area contributed by atoms with Crippen molar-refractivity contribution in [3.63, 3.8) is 0 Å². The lowest BCUT2D eigenvalue weighted by molar-refractivity contribution is 0.00699. The Morgan fingerprint density at radius 1 is 1.43 bits per heavy atom. The Hall–Kier alpha value is -1.30. The highest BCUT2D eigenvalue weighted by molar-refractivity contribution is 6.30. The third-order valence-electron chi connectivity index (χ3n) is 3.12. The fourth-order valence-corrected chi connectivity index (χ4v) is 2.40. The van der Waals surface area contributed by atoms with Gasteiger partial charge in [0.2, 0.25) is 0 Å². The molecular formula is C15H23ClN2O3. The molecule has 0 aromatic heterocycles. The summed E-state index contributed by atoms with van der Waals surface area (Å²) in [5.74, 6) is 0.227. The molecule has 0 saturated carbocycles. The number of halogens is 1. The molecule has 0 radical (unpaired) electrons. The SMILES string of the molecule is CNC[C@H](C)[C@@H](OCC(C)NC(=O)O)c1cccc(Cl)c1. The molecule has 21 heavy (non-hydrogen) atoms. The number of hydrogen-bond donors (Lipinski definition) is 3. The van der Waals surface area contributed by atoms with Gasteiger partial charge in [-0.05, 0) is 37.6 Å². The van der Waals surface area contributed by atoms with E-state index >= 15 is 0 Å². The summed E-state index contributed by atoms with van der Waals surface area (Å²) in [7, 11) is 1.89. The monoisotopic (exact) mass is 314 g/mol. The Balaban J connectivity index is 2.76. The number of ether oxygens (including phenoxy) is 1. The van der Waals surface area contributed by atoms with Gasteiger partial charge < -0.3 is 20.5 Å². The largest absolute Gasteiger partial charge is 0.465 e. The van der Waals surface area contributed by atoms with Crippen LogP contribution in [0.5, 0.6) is 0 Å². The first-order chi connectivity index (χ1) is 9.93. The van der Waals surface area contributed by atoms with Crippen LogP contribution in [0.2, 0.25) is 5.02 Å². The highest BCUT2D eigenvalue weighted by Gasteiger charge is 2.21.